The van der Waals surface area contributed by atoms with Crippen LogP contribution in [0.4, 0.5) is 11.4 Å². The van der Waals surface area contributed by atoms with E-state index >= 15 is 0 Å². The van der Waals surface area contributed by atoms with Gasteiger partial charge in [0.2, 0.25) is 0 Å². The summed E-state index contributed by atoms with van der Waals surface area (Å²) in [5.74, 6) is 0.569. The predicted molar refractivity (Wildman–Crippen MR) is 80.9 cm³/mol. The number of hydrogen-bond acceptors (Lipinski definition) is 5. The fourth-order valence-corrected chi connectivity index (χ4v) is 2.59. The fourth-order valence-electron chi connectivity index (χ4n) is 2.59. The number of anilines is 1. The second-order valence-corrected chi connectivity index (χ2v) is 5.49. The predicted octanol–water partition coefficient (Wildman–Crippen LogP) is 2.59. The van der Waals surface area contributed by atoms with Gasteiger partial charge in [0.15, 0.2) is 5.75 Å². The van der Waals surface area contributed by atoms with E-state index in [1.54, 1.807) is 19.1 Å². The largest absolute Gasteiger partial charge is 0.487 e. The molecule has 1 aromatic carbocycles. The second-order valence-electron chi connectivity index (χ2n) is 5.49. The zero-order valence-corrected chi connectivity index (χ0v) is 12.5. The lowest BCUT2D eigenvalue weighted by Crippen LogP contribution is -2.23. The molecule has 2 atom stereocenters. The SMILES string of the molecule is CCCOc1cc(N2CCC(C(C)O)C2)ccc1[N+](=O)[O-]. The summed E-state index contributed by atoms with van der Waals surface area (Å²) in [6, 6.07) is 4.98. The molecule has 1 heterocycles. The Morgan fingerprint density at radius 2 is 2.33 bits per heavy atom. The fraction of sp³-hybridized carbons (Fsp3) is 0.600. The summed E-state index contributed by atoms with van der Waals surface area (Å²) in [6.45, 7) is 5.84. The Morgan fingerprint density at radius 1 is 1.57 bits per heavy atom. The van der Waals surface area contributed by atoms with Crippen LogP contribution in [0.1, 0.15) is 26.7 Å². The van der Waals surface area contributed by atoms with Gasteiger partial charge in [-0.2, -0.15) is 0 Å². The van der Waals surface area contributed by atoms with Gasteiger partial charge in [-0.05, 0) is 25.8 Å². The molecule has 0 aliphatic carbocycles. The summed E-state index contributed by atoms with van der Waals surface area (Å²) in [6.07, 6.45) is 1.40. The number of rotatable bonds is 6. The van der Waals surface area contributed by atoms with E-state index in [1.807, 2.05) is 6.92 Å². The van der Waals surface area contributed by atoms with Crippen molar-refractivity contribution in [3.63, 3.8) is 0 Å². The molecule has 2 rings (SSSR count). The summed E-state index contributed by atoms with van der Waals surface area (Å²) >= 11 is 0. The first-order chi connectivity index (χ1) is 10.0. The summed E-state index contributed by atoms with van der Waals surface area (Å²) in [5, 5.41) is 20.7. The van der Waals surface area contributed by atoms with Crippen molar-refractivity contribution >= 4 is 11.4 Å². The summed E-state index contributed by atoms with van der Waals surface area (Å²) < 4.78 is 5.50. The van der Waals surface area contributed by atoms with Gasteiger partial charge in [0.05, 0.1) is 17.6 Å². The molecule has 6 nitrogen and oxygen atoms in total. The van der Waals surface area contributed by atoms with Crippen LogP contribution in [0.2, 0.25) is 0 Å². The molecule has 0 bridgehead atoms. The maximum atomic E-state index is 11.0. The van der Waals surface area contributed by atoms with E-state index in [9.17, 15) is 15.2 Å². The third-order valence-corrected chi connectivity index (χ3v) is 3.87. The molecule has 1 aliphatic heterocycles. The third-order valence-electron chi connectivity index (χ3n) is 3.87. The number of nitrogens with zero attached hydrogens (tertiary/aromatic N) is 2. The molecule has 2 unspecified atom stereocenters. The number of nitro benzene ring substituents is 1. The average molecular weight is 294 g/mol. The lowest BCUT2D eigenvalue weighted by atomic mass is 10.0. The number of aliphatic hydroxyl groups is 1. The number of ether oxygens (including phenoxy) is 1. The molecule has 0 saturated carbocycles. The molecule has 6 heteroatoms. The molecule has 1 fully saturated rings. The highest BCUT2D eigenvalue weighted by Crippen LogP contribution is 2.34. The van der Waals surface area contributed by atoms with Crippen LogP contribution < -0.4 is 9.64 Å². The minimum absolute atomic E-state index is 0.00141. The summed E-state index contributed by atoms with van der Waals surface area (Å²) in [5.41, 5.74) is 0.910. The van der Waals surface area contributed by atoms with E-state index in [0.717, 1.165) is 31.6 Å². The minimum Gasteiger partial charge on any atom is -0.487 e. The number of aliphatic hydroxyl groups excluding tert-OH is 1. The first-order valence-corrected chi connectivity index (χ1v) is 7.37. The third kappa shape index (κ3) is 3.64. The van der Waals surface area contributed by atoms with Crippen molar-refractivity contribution in [1.29, 1.82) is 0 Å². The first-order valence-electron chi connectivity index (χ1n) is 7.37. The maximum Gasteiger partial charge on any atom is 0.311 e. The Balaban J connectivity index is 2.19. The summed E-state index contributed by atoms with van der Waals surface area (Å²) in [4.78, 5) is 12.8. The van der Waals surface area contributed by atoms with Crippen molar-refractivity contribution < 1.29 is 14.8 Å². The van der Waals surface area contributed by atoms with Crippen molar-refractivity contribution in [2.75, 3.05) is 24.6 Å². The van der Waals surface area contributed by atoms with Crippen LogP contribution >= 0.6 is 0 Å². The number of hydrogen-bond donors (Lipinski definition) is 1. The van der Waals surface area contributed by atoms with Crippen LogP contribution in [0.15, 0.2) is 18.2 Å². The average Bonchev–Trinajstić information content (AvgIpc) is 2.94. The molecular formula is C15H22N2O4. The highest BCUT2D eigenvalue weighted by Gasteiger charge is 2.27. The topological polar surface area (TPSA) is 75.8 Å². The zero-order valence-electron chi connectivity index (χ0n) is 12.5. The highest BCUT2D eigenvalue weighted by atomic mass is 16.6. The Bertz CT molecular complexity index is 504. The Labute approximate surface area is 124 Å². The molecule has 116 valence electrons. The monoisotopic (exact) mass is 294 g/mol. The normalized spacial score (nSPS) is 19.6. The van der Waals surface area contributed by atoms with Crippen molar-refractivity contribution in [2.24, 2.45) is 5.92 Å². The van der Waals surface area contributed by atoms with E-state index < -0.39 is 4.92 Å². The lowest BCUT2D eigenvalue weighted by Gasteiger charge is -2.20. The van der Waals surface area contributed by atoms with E-state index in [2.05, 4.69) is 4.90 Å². The van der Waals surface area contributed by atoms with Gasteiger partial charge in [-0.1, -0.05) is 6.92 Å². The van der Waals surface area contributed by atoms with Crippen LogP contribution in [0, 0.1) is 16.0 Å². The second kappa shape index (κ2) is 6.76. The Morgan fingerprint density at radius 3 is 2.90 bits per heavy atom. The smallest absolute Gasteiger partial charge is 0.311 e. The molecule has 1 aliphatic rings. The van der Waals surface area contributed by atoms with Crippen LogP contribution in [0.3, 0.4) is 0 Å². The highest BCUT2D eigenvalue weighted by molar-refractivity contribution is 5.59. The van der Waals surface area contributed by atoms with E-state index in [0.29, 0.717) is 12.4 Å². The molecule has 1 aromatic rings. The molecule has 0 aromatic heterocycles. The van der Waals surface area contributed by atoms with E-state index in [-0.39, 0.29) is 17.7 Å². The van der Waals surface area contributed by atoms with Crippen molar-refractivity contribution in [1.82, 2.24) is 0 Å². The van der Waals surface area contributed by atoms with Crippen LogP contribution in [-0.4, -0.2) is 35.8 Å². The Kier molecular flexibility index (Phi) is 5.01. The minimum atomic E-state index is -0.419. The molecule has 1 N–H and O–H groups in total. The standard InChI is InChI=1S/C15H22N2O4/c1-3-8-21-15-9-13(4-5-14(15)17(19)20)16-7-6-12(10-16)11(2)18/h4-5,9,11-12,18H,3,6-8,10H2,1-2H3. The van der Waals surface area contributed by atoms with Gasteiger partial charge in [-0.25, -0.2) is 0 Å². The van der Waals surface area contributed by atoms with Gasteiger partial charge in [-0.15, -0.1) is 0 Å². The van der Waals surface area contributed by atoms with Gasteiger partial charge in [0, 0.05) is 36.8 Å². The first kappa shape index (κ1) is 15.6. The quantitative estimate of drug-likeness (QED) is 0.644. The van der Waals surface area contributed by atoms with E-state index in [4.69, 9.17) is 4.74 Å². The van der Waals surface area contributed by atoms with Crippen LogP contribution in [-0.2, 0) is 0 Å². The van der Waals surface area contributed by atoms with Crippen molar-refractivity contribution in [2.45, 2.75) is 32.8 Å². The molecule has 0 amide bonds. The van der Waals surface area contributed by atoms with Gasteiger partial charge >= 0.3 is 5.69 Å². The van der Waals surface area contributed by atoms with Crippen molar-refractivity contribution in [3.8, 4) is 5.75 Å². The molecular weight excluding hydrogens is 272 g/mol. The number of benzene rings is 1. The molecule has 0 radical (unpaired) electrons. The lowest BCUT2D eigenvalue weighted by molar-refractivity contribution is -0.385. The molecule has 1 saturated heterocycles. The summed E-state index contributed by atoms with van der Waals surface area (Å²) in [7, 11) is 0. The Hall–Kier alpha value is -1.82. The van der Waals surface area contributed by atoms with Crippen molar-refractivity contribution in [3.05, 3.63) is 28.3 Å². The van der Waals surface area contributed by atoms with Gasteiger partial charge in [0.1, 0.15) is 0 Å². The van der Waals surface area contributed by atoms with Crippen LogP contribution in [0.5, 0.6) is 5.75 Å². The van der Waals surface area contributed by atoms with Crippen LogP contribution in [0.25, 0.3) is 0 Å². The van der Waals surface area contributed by atoms with E-state index in [1.165, 1.54) is 6.07 Å². The molecule has 21 heavy (non-hydrogen) atoms. The zero-order chi connectivity index (χ0) is 15.4. The maximum absolute atomic E-state index is 11.0. The molecule has 0 spiro atoms. The van der Waals surface area contributed by atoms with Gasteiger partial charge < -0.3 is 14.7 Å². The van der Waals surface area contributed by atoms with Gasteiger partial charge in [-0.3, -0.25) is 10.1 Å². The number of nitro groups is 1. The van der Waals surface area contributed by atoms with Gasteiger partial charge in [0.25, 0.3) is 0 Å².